The number of amides is 3. The fraction of sp³-hybridized carbons (Fsp3) is 0.375. The standard InChI is InChI=1S/C16H20ClN5O2S/c1-16(2,3)19-14(24)18-12(23)9-25-15-21-20-13(22(15)4)10-7-5-6-8-11(10)17/h5-8H,9H2,1-4H3,(H2,18,19,23,24). The SMILES string of the molecule is Cn1c(SCC(=O)NC(=O)NC(C)(C)C)nnc1-c1ccccc1Cl. The van der Waals surface area contributed by atoms with Crippen LogP contribution in [-0.4, -0.2) is 38.0 Å². The molecule has 7 nitrogen and oxygen atoms in total. The molecule has 1 heterocycles. The Morgan fingerprint density at radius 2 is 1.92 bits per heavy atom. The highest BCUT2D eigenvalue weighted by atomic mass is 35.5. The number of hydrogen-bond donors (Lipinski definition) is 2. The monoisotopic (exact) mass is 381 g/mol. The minimum Gasteiger partial charge on any atom is -0.333 e. The van der Waals surface area contributed by atoms with Gasteiger partial charge in [0, 0.05) is 18.2 Å². The molecular formula is C16H20ClN5O2S. The first-order valence-corrected chi connectivity index (χ1v) is 8.93. The maximum atomic E-state index is 11.9. The van der Waals surface area contributed by atoms with E-state index < -0.39 is 17.5 Å². The lowest BCUT2D eigenvalue weighted by atomic mass is 10.1. The van der Waals surface area contributed by atoms with Gasteiger partial charge >= 0.3 is 6.03 Å². The van der Waals surface area contributed by atoms with Crippen LogP contribution in [0.3, 0.4) is 0 Å². The molecule has 0 fully saturated rings. The van der Waals surface area contributed by atoms with E-state index in [0.29, 0.717) is 16.0 Å². The molecule has 2 N–H and O–H groups in total. The number of benzene rings is 1. The number of carbonyl (C=O) groups is 2. The Kier molecular flexibility index (Phi) is 6.07. The molecule has 1 aromatic heterocycles. The van der Waals surface area contributed by atoms with Crippen LogP contribution in [0.1, 0.15) is 20.8 Å². The maximum Gasteiger partial charge on any atom is 0.321 e. The van der Waals surface area contributed by atoms with Crippen LogP contribution in [0.4, 0.5) is 4.79 Å². The molecule has 0 aliphatic carbocycles. The molecule has 0 radical (unpaired) electrons. The van der Waals surface area contributed by atoms with Crippen LogP contribution in [0.25, 0.3) is 11.4 Å². The summed E-state index contributed by atoms with van der Waals surface area (Å²) >= 11 is 7.37. The first kappa shape index (κ1) is 19.3. The molecule has 2 aromatic rings. The zero-order valence-electron chi connectivity index (χ0n) is 14.5. The predicted octanol–water partition coefficient (Wildman–Crippen LogP) is 2.85. The molecule has 134 valence electrons. The molecule has 9 heteroatoms. The zero-order chi connectivity index (χ0) is 18.6. The predicted molar refractivity (Wildman–Crippen MR) is 98.6 cm³/mol. The number of nitrogens with zero attached hydrogens (tertiary/aromatic N) is 3. The molecule has 1 aromatic carbocycles. The Morgan fingerprint density at radius 3 is 2.56 bits per heavy atom. The second kappa shape index (κ2) is 7.88. The van der Waals surface area contributed by atoms with Crippen molar-refractivity contribution >= 4 is 35.3 Å². The van der Waals surface area contributed by atoms with Gasteiger partial charge in [0.25, 0.3) is 0 Å². The lowest BCUT2D eigenvalue weighted by molar-refractivity contribution is -0.117. The van der Waals surface area contributed by atoms with E-state index in [1.165, 1.54) is 11.8 Å². The van der Waals surface area contributed by atoms with Gasteiger partial charge in [-0.3, -0.25) is 10.1 Å². The number of halogens is 1. The van der Waals surface area contributed by atoms with Gasteiger partial charge in [-0.1, -0.05) is 35.5 Å². The summed E-state index contributed by atoms with van der Waals surface area (Å²) in [5, 5.41) is 14.3. The second-order valence-electron chi connectivity index (χ2n) is 6.39. The molecule has 0 atom stereocenters. The largest absolute Gasteiger partial charge is 0.333 e. The van der Waals surface area contributed by atoms with E-state index in [-0.39, 0.29) is 5.75 Å². The van der Waals surface area contributed by atoms with E-state index in [1.54, 1.807) is 17.7 Å². The highest BCUT2D eigenvalue weighted by molar-refractivity contribution is 7.99. The number of aromatic nitrogens is 3. The normalized spacial score (nSPS) is 11.2. The summed E-state index contributed by atoms with van der Waals surface area (Å²) in [6.07, 6.45) is 0. The average Bonchev–Trinajstić information content (AvgIpc) is 2.84. The number of thioether (sulfide) groups is 1. The molecular weight excluding hydrogens is 362 g/mol. The van der Waals surface area contributed by atoms with Gasteiger partial charge in [0.05, 0.1) is 10.8 Å². The van der Waals surface area contributed by atoms with E-state index in [1.807, 2.05) is 39.0 Å². The first-order chi connectivity index (χ1) is 11.7. The van der Waals surface area contributed by atoms with Gasteiger partial charge in [0.2, 0.25) is 5.91 Å². The maximum absolute atomic E-state index is 11.9. The van der Waals surface area contributed by atoms with Crippen molar-refractivity contribution in [3.8, 4) is 11.4 Å². The van der Waals surface area contributed by atoms with Crippen molar-refractivity contribution in [3.63, 3.8) is 0 Å². The third kappa shape index (κ3) is 5.47. The molecule has 0 bridgehead atoms. The second-order valence-corrected chi connectivity index (χ2v) is 7.74. The van der Waals surface area contributed by atoms with E-state index in [9.17, 15) is 9.59 Å². The molecule has 0 spiro atoms. The molecule has 0 aliphatic heterocycles. The summed E-state index contributed by atoms with van der Waals surface area (Å²) in [5.41, 5.74) is 0.352. The van der Waals surface area contributed by atoms with Gasteiger partial charge in [0.15, 0.2) is 11.0 Å². The molecule has 0 saturated heterocycles. The lowest BCUT2D eigenvalue weighted by Crippen LogP contribution is -2.48. The molecule has 3 amide bonds. The van der Waals surface area contributed by atoms with Crippen molar-refractivity contribution in [2.24, 2.45) is 7.05 Å². The summed E-state index contributed by atoms with van der Waals surface area (Å²) in [6, 6.07) is 6.81. The third-order valence-electron chi connectivity index (χ3n) is 3.02. The van der Waals surface area contributed by atoms with Gasteiger partial charge in [-0.05, 0) is 32.9 Å². The summed E-state index contributed by atoms with van der Waals surface area (Å²) in [7, 11) is 1.80. The van der Waals surface area contributed by atoms with Crippen molar-refractivity contribution in [2.75, 3.05) is 5.75 Å². The third-order valence-corrected chi connectivity index (χ3v) is 4.37. The Hall–Kier alpha value is -2.06. The van der Waals surface area contributed by atoms with Crippen molar-refractivity contribution in [1.82, 2.24) is 25.4 Å². The minimum absolute atomic E-state index is 0.0477. The van der Waals surface area contributed by atoms with E-state index in [4.69, 9.17) is 11.6 Å². The van der Waals surface area contributed by atoms with Crippen LogP contribution in [0.2, 0.25) is 5.02 Å². The Balaban J connectivity index is 1.97. The van der Waals surface area contributed by atoms with E-state index >= 15 is 0 Å². The average molecular weight is 382 g/mol. The summed E-state index contributed by atoms with van der Waals surface area (Å²) in [4.78, 5) is 23.6. The Bertz CT molecular complexity index is 785. The summed E-state index contributed by atoms with van der Waals surface area (Å²) in [6.45, 7) is 5.50. The van der Waals surface area contributed by atoms with Gasteiger partial charge in [-0.15, -0.1) is 10.2 Å². The highest BCUT2D eigenvalue weighted by Crippen LogP contribution is 2.28. The van der Waals surface area contributed by atoms with Crippen LogP contribution >= 0.6 is 23.4 Å². The number of nitrogens with one attached hydrogen (secondary N) is 2. The topological polar surface area (TPSA) is 88.9 Å². The van der Waals surface area contributed by atoms with Gasteiger partial charge in [-0.2, -0.15) is 0 Å². The van der Waals surface area contributed by atoms with Crippen molar-refractivity contribution in [3.05, 3.63) is 29.3 Å². The van der Waals surface area contributed by atoms with Crippen molar-refractivity contribution < 1.29 is 9.59 Å². The van der Waals surface area contributed by atoms with Crippen LogP contribution in [0.15, 0.2) is 29.4 Å². The molecule has 0 saturated carbocycles. The number of hydrogen-bond acceptors (Lipinski definition) is 5. The van der Waals surface area contributed by atoms with Crippen molar-refractivity contribution in [1.29, 1.82) is 0 Å². The number of rotatable bonds is 4. The number of imide groups is 1. The quantitative estimate of drug-likeness (QED) is 0.795. The van der Waals surface area contributed by atoms with Crippen LogP contribution in [0, 0.1) is 0 Å². The Labute approximate surface area is 155 Å². The Morgan fingerprint density at radius 1 is 1.24 bits per heavy atom. The van der Waals surface area contributed by atoms with Crippen LogP contribution in [-0.2, 0) is 11.8 Å². The highest BCUT2D eigenvalue weighted by Gasteiger charge is 2.18. The fourth-order valence-corrected chi connectivity index (χ4v) is 2.91. The molecule has 0 unspecified atom stereocenters. The minimum atomic E-state index is -0.521. The molecule has 2 rings (SSSR count). The van der Waals surface area contributed by atoms with Gasteiger partial charge < -0.3 is 9.88 Å². The van der Waals surface area contributed by atoms with Gasteiger partial charge in [0.1, 0.15) is 0 Å². The fourth-order valence-electron chi connectivity index (χ4n) is 1.98. The van der Waals surface area contributed by atoms with Crippen LogP contribution in [0.5, 0.6) is 0 Å². The van der Waals surface area contributed by atoms with E-state index in [2.05, 4.69) is 20.8 Å². The van der Waals surface area contributed by atoms with Gasteiger partial charge in [-0.25, -0.2) is 4.79 Å². The number of carbonyl (C=O) groups excluding carboxylic acids is 2. The number of urea groups is 1. The lowest BCUT2D eigenvalue weighted by Gasteiger charge is -2.20. The molecule has 25 heavy (non-hydrogen) atoms. The van der Waals surface area contributed by atoms with Crippen molar-refractivity contribution in [2.45, 2.75) is 31.5 Å². The smallest absolute Gasteiger partial charge is 0.321 e. The van der Waals surface area contributed by atoms with Crippen LogP contribution < -0.4 is 10.6 Å². The summed E-state index contributed by atoms with van der Waals surface area (Å²) < 4.78 is 1.76. The zero-order valence-corrected chi connectivity index (χ0v) is 16.0. The summed E-state index contributed by atoms with van der Waals surface area (Å²) in [5.74, 6) is 0.250. The van der Waals surface area contributed by atoms with E-state index in [0.717, 1.165) is 5.56 Å². The molecule has 0 aliphatic rings. The first-order valence-electron chi connectivity index (χ1n) is 7.56.